The molecule has 21 heavy (non-hydrogen) atoms. The summed E-state index contributed by atoms with van der Waals surface area (Å²) in [6.07, 6.45) is 3.20. The van der Waals surface area contributed by atoms with Crippen LogP contribution in [0.3, 0.4) is 0 Å². The number of hydrogen-bond donors (Lipinski definition) is 0. The highest BCUT2D eigenvalue weighted by molar-refractivity contribution is 7.07. The van der Waals surface area contributed by atoms with Crippen molar-refractivity contribution in [1.82, 2.24) is 9.88 Å². The molecule has 0 bridgehead atoms. The molecule has 1 amide bonds. The van der Waals surface area contributed by atoms with E-state index in [4.69, 9.17) is 27.9 Å². The van der Waals surface area contributed by atoms with Crippen LogP contribution < -0.4 is 9.88 Å². The molecule has 1 aliphatic rings. The first kappa shape index (κ1) is 14.4. The molecule has 3 rings (SSSR count). The van der Waals surface area contributed by atoms with Gasteiger partial charge >= 0.3 is 6.09 Å². The molecular formula is C14H10Cl2N2O2S. The van der Waals surface area contributed by atoms with Crippen LogP contribution in [0.5, 0.6) is 0 Å². The van der Waals surface area contributed by atoms with Crippen LogP contribution in [-0.2, 0) is 11.3 Å². The van der Waals surface area contributed by atoms with Gasteiger partial charge in [-0.05, 0) is 12.1 Å². The Morgan fingerprint density at radius 1 is 1.43 bits per heavy atom. The Morgan fingerprint density at radius 3 is 3.14 bits per heavy atom. The van der Waals surface area contributed by atoms with Crippen molar-refractivity contribution in [2.24, 2.45) is 0 Å². The Kier molecular flexibility index (Phi) is 4.14. The van der Waals surface area contributed by atoms with E-state index in [1.54, 1.807) is 29.9 Å². The highest BCUT2D eigenvalue weighted by atomic mass is 35.5. The van der Waals surface area contributed by atoms with E-state index < -0.39 is 6.09 Å². The molecule has 2 aromatic rings. The summed E-state index contributed by atoms with van der Waals surface area (Å²) in [6, 6.07) is 5.23. The monoisotopic (exact) mass is 340 g/mol. The highest BCUT2D eigenvalue weighted by Crippen LogP contribution is 2.26. The number of hydrogen-bond acceptors (Lipinski definition) is 4. The molecule has 0 spiro atoms. The fourth-order valence-electron chi connectivity index (χ4n) is 1.90. The molecule has 0 aliphatic carbocycles. The average Bonchev–Trinajstić information content (AvgIpc) is 2.96. The maximum atomic E-state index is 12.1. The normalized spacial score (nSPS) is 13.1. The molecule has 1 aliphatic heterocycles. The van der Waals surface area contributed by atoms with Gasteiger partial charge in [-0.2, -0.15) is 0 Å². The summed E-state index contributed by atoms with van der Waals surface area (Å²) in [5.41, 5.74) is 2.43. The van der Waals surface area contributed by atoms with Gasteiger partial charge in [0.15, 0.2) is 0 Å². The molecule has 0 N–H and O–H groups in total. The van der Waals surface area contributed by atoms with E-state index in [1.165, 1.54) is 16.2 Å². The van der Waals surface area contributed by atoms with Gasteiger partial charge in [-0.15, -0.1) is 11.3 Å². The Labute approximate surface area is 134 Å². The van der Waals surface area contributed by atoms with Crippen LogP contribution in [0.25, 0.3) is 12.3 Å². The van der Waals surface area contributed by atoms with Crippen molar-refractivity contribution >= 4 is 52.9 Å². The molecule has 1 aromatic carbocycles. The number of nitrogens with zero attached hydrogens (tertiary/aromatic N) is 2. The van der Waals surface area contributed by atoms with Crippen LogP contribution in [0.2, 0.25) is 10.0 Å². The first-order valence-corrected chi connectivity index (χ1v) is 7.76. The number of benzene rings is 1. The fourth-order valence-corrected chi connectivity index (χ4v) is 3.00. The molecule has 7 heteroatoms. The lowest BCUT2D eigenvalue weighted by molar-refractivity contribution is 0.118. The van der Waals surface area contributed by atoms with E-state index in [-0.39, 0.29) is 6.61 Å². The maximum absolute atomic E-state index is 12.1. The zero-order valence-electron chi connectivity index (χ0n) is 10.8. The molecule has 1 aromatic heterocycles. The lowest BCUT2D eigenvalue weighted by Crippen LogP contribution is -2.37. The van der Waals surface area contributed by atoms with E-state index in [0.717, 1.165) is 9.88 Å². The van der Waals surface area contributed by atoms with Crippen molar-refractivity contribution in [2.45, 2.75) is 6.61 Å². The second kappa shape index (κ2) is 6.05. The summed E-state index contributed by atoms with van der Waals surface area (Å²) in [7, 11) is 0. The van der Waals surface area contributed by atoms with Gasteiger partial charge in [0.05, 0.1) is 25.4 Å². The van der Waals surface area contributed by atoms with Crippen LogP contribution in [0.15, 0.2) is 23.7 Å². The fraction of sp³-hybridized carbons (Fsp3) is 0.143. The minimum Gasteiger partial charge on any atom is -0.444 e. The summed E-state index contributed by atoms with van der Waals surface area (Å²) in [6.45, 7) is 0.525. The van der Waals surface area contributed by atoms with Gasteiger partial charge < -0.3 is 4.74 Å². The van der Waals surface area contributed by atoms with Gasteiger partial charge in [0.2, 0.25) is 0 Å². The van der Waals surface area contributed by atoms with Crippen LogP contribution in [0, 0.1) is 0 Å². The number of halogens is 2. The van der Waals surface area contributed by atoms with Crippen LogP contribution in [0.4, 0.5) is 4.79 Å². The number of amides is 1. The second-order valence-electron chi connectivity index (χ2n) is 4.35. The third kappa shape index (κ3) is 3.05. The van der Waals surface area contributed by atoms with Crippen molar-refractivity contribution in [2.75, 3.05) is 6.54 Å². The number of ether oxygens (including phenoxy) is 1. The Bertz CT molecular complexity index is 804. The van der Waals surface area contributed by atoms with Gasteiger partial charge in [-0.3, -0.25) is 4.90 Å². The van der Waals surface area contributed by atoms with E-state index in [1.807, 2.05) is 6.08 Å². The van der Waals surface area contributed by atoms with Crippen molar-refractivity contribution in [3.8, 4) is 0 Å². The summed E-state index contributed by atoms with van der Waals surface area (Å²) >= 11 is 13.5. The maximum Gasteiger partial charge on any atom is 0.414 e. The molecule has 108 valence electrons. The van der Waals surface area contributed by atoms with Crippen LogP contribution >= 0.6 is 34.5 Å². The van der Waals surface area contributed by atoms with Gasteiger partial charge in [0.25, 0.3) is 0 Å². The van der Waals surface area contributed by atoms with Gasteiger partial charge in [-0.1, -0.05) is 35.3 Å². The minimum absolute atomic E-state index is 0.0815. The summed E-state index contributed by atoms with van der Waals surface area (Å²) in [5, 5.41) is 1.75. The molecule has 0 fully saturated rings. The number of rotatable bonds is 2. The second-order valence-corrected chi connectivity index (χ2v) is 6.03. The van der Waals surface area contributed by atoms with E-state index in [9.17, 15) is 4.79 Å². The van der Waals surface area contributed by atoms with Gasteiger partial charge in [-0.25, -0.2) is 9.78 Å². The number of carbonyl (C=O) groups excluding carboxylic acids is 1. The average molecular weight is 341 g/mol. The number of fused-ring (bicyclic) bond motifs is 1. The van der Waals surface area contributed by atoms with Gasteiger partial charge in [0.1, 0.15) is 6.61 Å². The smallest absolute Gasteiger partial charge is 0.414 e. The zero-order chi connectivity index (χ0) is 14.8. The number of thiazole rings is 1. The number of aromatic nitrogens is 1. The van der Waals surface area contributed by atoms with Crippen LogP contribution in [0.1, 0.15) is 5.56 Å². The SMILES string of the molecule is O=C(OCc1cccc(Cl)c1Cl)N1C=c2scnc2=CC1. The summed E-state index contributed by atoms with van der Waals surface area (Å²) in [5.74, 6) is 0. The van der Waals surface area contributed by atoms with Crippen molar-refractivity contribution in [1.29, 1.82) is 0 Å². The third-order valence-electron chi connectivity index (χ3n) is 3.00. The molecule has 0 saturated carbocycles. The molecule has 2 heterocycles. The Morgan fingerprint density at radius 2 is 2.29 bits per heavy atom. The Balaban J connectivity index is 1.69. The van der Waals surface area contributed by atoms with Crippen molar-refractivity contribution in [3.63, 3.8) is 0 Å². The Hall–Kier alpha value is -1.56. The number of carbonyl (C=O) groups is 1. The highest BCUT2D eigenvalue weighted by Gasteiger charge is 2.15. The predicted octanol–water partition coefficient (Wildman–Crippen LogP) is 2.62. The lowest BCUT2D eigenvalue weighted by atomic mass is 10.2. The molecule has 0 atom stereocenters. The van der Waals surface area contributed by atoms with Crippen molar-refractivity contribution < 1.29 is 9.53 Å². The molecule has 4 nitrogen and oxygen atoms in total. The first-order valence-electron chi connectivity index (χ1n) is 6.13. The summed E-state index contributed by atoms with van der Waals surface area (Å²) < 4.78 is 6.22. The first-order chi connectivity index (χ1) is 10.1. The standard InChI is InChI=1S/C14H10Cl2N2O2S/c15-10-3-1-2-9(13(10)16)7-20-14(19)18-5-4-11-12(6-18)21-8-17-11/h1-4,6,8H,5,7H2. The van der Waals surface area contributed by atoms with E-state index >= 15 is 0 Å². The zero-order valence-corrected chi connectivity index (χ0v) is 13.1. The molecule has 0 saturated heterocycles. The molecule has 0 unspecified atom stereocenters. The van der Waals surface area contributed by atoms with E-state index in [2.05, 4.69) is 4.98 Å². The van der Waals surface area contributed by atoms with E-state index in [0.29, 0.717) is 22.2 Å². The molecular weight excluding hydrogens is 331 g/mol. The minimum atomic E-state index is -0.429. The lowest BCUT2D eigenvalue weighted by Gasteiger charge is -2.18. The topological polar surface area (TPSA) is 42.4 Å². The van der Waals surface area contributed by atoms with Crippen molar-refractivity contribution in [3.05, 3.63) is 49.2 Å². The van der Waals surface area contributed by atoms with Crippen LogP contribution in [-0.4, -0.2) is 22.5 Å². The van der Waals surface area contributed by atoms with Gasteiger partial charge in [0, 0.05) is 18.3 Å². The summed E-state index contributed by atoms with van der Waals surface area (Å²) in [4.78, 5) is 17.7. The predicted molar refractivity (Wildman–Crippen MR) is 83.6 cm³/mol. The molecule has 0 radical (unpaired) electrons. The largest absolute Gasteiger partial charge is 0.444 e. The third-order valence-corrected chi connectivity index (χ3v) is 4.63. The quantitative estimate of drug-likeness (QED) is 0.843.